The van der Waals surface area contributed by atoms with E-state index in [1.54, 1.807) is 37.3 Å². The Morgan fingerprint density at radius 1 is 0.949 bits per heavy atom. The van der Waals surface area contributed by atoms with Crippen LogP contribution in [0.15, 0.2) is 83.8 Å². The highest BCUT2D eigenvalue weighted by molar-refractivity contribution is 7.89. The summed E-state index contributed by atoms with van der Waals surface area (Å²) < 4.78 is 28.4. The van der Waals surface area contributed by atoms with Crippen molar-refractivity contribution in [2.45, 2.75) is 57.6 Å². The van der Waals surface area contributed by atoms with Gasteiger partial charge in [-0.3, -0.25) is 4.79 Å². The summed E-state index contributed by atoms with van der Waals surface area (Å²) in [5.74, 6) is -0.277. The van der Waals surface area contributed by atoms with Gasteiger partial charge < -0.3 is 15.8 Å². The number of nitrogens with zero attached hydrogens (tertiary/aromatic N) is 1. The molecule has 0 bridgehead atoms. The third-order valence-corrected chi connectivity index (χ3v) is 8.35. The van der Waals surface area contributed by atoms with Gasteiger partial charge in [-0.1, -0.05) is 86.1 Å². The Labute approximate surface area is 232 Å². The van der Waals surface area contributed by atoms with E-state index in [0.717, 1.165) is 16.7 Å². The molecule has 39 heavy (non-hydrogen) atoms. The average molecular weight is 550 g/mol. The number of sulfonamides is 1. The van der Waals surface area contributed by atoms with E-state index in [0.29, 0.717) is 17.7 Å². The lowest BCUT2D eigenvalue weighted by molar-refractivity contribution is -0.122. The third-order valence-electron chi connectivity index (χ3n) is 6.50. The fourth-order valence-electron chi connectivity index (χ4n) is 4.50. The lowest BCUT2D eigenvalue weighted by Gasteiger charge is -2.31. The molecule has 8 heteroatoms. The molecule has 3 aromatic carbocycles. The Morgan fingerprint density at radius 3 is 2.18 bits per heavy atom. The molecule has 0 saturated carbocycles. The summed E-state index contributed by atoms with van der Waals surface area (Å²) in [6.45, 7) is 7.49. The number of carbonyl (C=O) groups excluding carboxylic acids is 1. The summed E-state index contributed by atoms with van der Waals surface area (Å²) in [5.41, 5.74) is 3.65. The summed E-state index contributed by atoms with van der Waals surface area (Å²) in [6, 6.07) is 22.7. The number of amides is 1. The van der Waals surface area contributed by atoms with Gasteiger partial charge in [0.25, 0.3) is 0 Å². The van der Waals surface area contributed by atoms with Crippen molar-refractivity contribution in [3.8, 4) is 0 Å². The summed E-state index contributed by atoms with van der Waals surface area (Å²) in [4.78, 5) is 13.4. The quantitative estimate of drug-likeness (QED) is 0.275. The molecule has 3 rings (SSSR count). The molecule has 1 amide bonds. The van der Waals surface area contributed by atoms with E-state index >= 15 is 0 Å². The van der Waals surface area contributed by atoms with Crippen LogP contribution >= 0.6 is 0 Å². The molecular weight excluding hydrogens is 510 g/mol. The van der Waals surface area contributed by atoms with Gasteiger partial charge in [-0.2, -0.15) is 4.31 Å². The zero-order chi connectivity index (χ0) is 28.6. The summed E-state index contributed by atoms with van der Waals surface area (Å²) in [6.07, 6.45) is -0.784. The fraction of sp³-hybridized carbons (Fsp3) is 0.355. The molecule has 0 radical (unpaired) electrons. The van der Waals surface area contributed by atoms with Crippen LogP contribution in [-0.2, 0) is 27.7 Å². The van der Waals surface area contributed by atoms with Crippen LogP contribution in [0, 0.1) is 18.3 Å². The molecular formula is C31H39N3O4S. The number of hydrogen-bond acceptors (Lipinski definition) is 5. The predicted molar refractivity (Wildman–Crippen MR) is 156 cm³/mol. The van der Waals surface area contributed by atoms with Crippen LogP contribution in [0.1, 0.15) is 43.0 Å². The van der Waals surface area contributed by atoms with Crippen molar-refractivity contribution in [1.29, 1.82) is 5.41 Å². The number of hydrogen-bond donors (Lipinski definition) is 3. The second-order valence-corrected chi connectivity index (χ2v) is 12.4. The SMILES string of the molecule is CC(=N)c1ccccc1CC(=O)N[C@@H](Cc1ccccc1)[C@H](O)CN(CC(C)C)S(=O)(=O)c1ccc(C)cc1. The van der Waals surface area contributed by atoms with Gasteiger partial charge in [-0.05, 0) is 55.0 Å². The van der Waals surface area contributed by atoms with Gasteiger partial charge in [0, 0.05) is 18.8 Å². The monoisotopic (exact) mass is 549 g/mol. The maximum absolute atomic E-state index is 13.6. The van der Waals surface area contributed by atoms with Crippen LogP contribution in [0.2, 0.25) is 0 Å². The standard InChI is InChI=1S/C31H39N3O4S/c1-22(2)20-34(39(37,38)27-16-14-23(3)15-17-27)21-30(35)29(18-25-10-6-5-7-11-25)33-31(36)19-26-12-8-9-13-28(26)24(4)32/h5-17,22,29-30,32,35H,18-21H2,1-4H3,(H,33,36)/t29-,30+/m0/s1. The Hall–Kier alpha value is -3.33. The second-order valence-electron chi connectivity index (χ2n) is 10.4. The highest BCUT2D eigenvalue weighted by Crippen LogP contribution is 2.20. The highest BCUT2D eigenvalue weighted by atomic mass is 32.2. The number of rotatable bonds is 13. The minimum atomic E-state index is -3.87. The van der Waals surface area contributed by atoms with Crippen molar-refractivity contribution in [2.75, 3.05) is 13.1 Å². The van der Waals surface area contributed by atoms with Crippen molar-refractivity contribution < 1.29 is 18.3 Å². The molecule has 2 atom stereocenters. The first-order valence-corrected chi connectivity index (χ1v) is 14.6. The predicted octanol–water partition coefficient (Wildman–Crippen LogP) is 4.36. The summed E-state index contributed by atoms with van der Waals surface area (Å²) in [5, 5.41) is 22.4. The van der Waals surface area contributed by atoms with Gasteiger partial charge in [0.05, 0.1) is 23.5 Å². The van der Waals surface area contributed by atoms with Gasteiger partial charge in [0.1, 0.15) is 0 Å². The largest absolute Gasteiger partial charge is 0.390 e. The van der Waals surface area contributed by atoms with E-state index in [2.05, 4.69) is 5.32 Å². The average Bonchev–Trinajstić information content (AvgIpc) is 2.88. The van der Waals surface area contributed by atoms with E-state index in [1.165, 1.54) is 4.31 Å². The third kappa shape index (κ3) is 8.58. The number of benzene rings is 3. The van der Waals surface area contributed by atoms with Gasteiger partial charge in [-0.15, -0.1) is 0 Å². The normalized spacial score (nSPS) is 13.3. The fourth-order valence-corrected chi connectivity index (χ4v) is 6.12. The molecule has 0 aromatic heterocycles. The number of aryl methyl sites for hydroxylation is 1. The van der Waals surface area contributed by atoms with Crippen LogP contribution in [0.4, 0.5) is 0 Å². The molecule has 0 fully saturated rings. The van der Waals surface area contributed by atoms with Gasteiger partial charge in [0.2, 0.25) is 15.9 Å². The number of aliphatic hydroxyl groups is 1. The molecule has 0 aliphatic carbocycles. The molecule has 208 valence electrons. The lowest BCUT2D eigenvalue weighted by Crippen LogP contribution is -2.51. The number of aliphatic hydroxyl groups excluding tert-OH is 1. The van der Waals surface area contributed by atoms with E-state index in [9.17, 15) is 18.3 Å². The summed E-state index contributed by atoms with van der Waals surface area (Å²) >= 11 is 0. The Kier molecular flexibility index (Phi) is 10.6. The van der Waals surface area contributed by atoms with Crippen molar-refractivity contribution in [2.24, 2.45) is 5.92 Å². The Bertz CT molecular complexity index is 1360. The first-order chi connectivity index (χ1) is 18.5. The van der Waals surface area contributed by atoms with Crippen LogP contribution in [-0.4, -0.2) is 54.7 Å². The molecule has 3 aromatic rings. The van der Waals surface area contributed by atoms with Crippen molar-refractivity contribution >= 4 is 21.6 Å². The van der Waals surface area contributed by atoms with E-state index in [1.807, 2.05) is 69.3 Å². The first-order valence-electron chi connectivity index (χ1n) is 13.2. The van der Waals surface area contributed by atoms with Crippen LogP contribution in [0.3, 0.4) is 0 Å². The topological polar surface area (TPSA) is 111 Å². The minimum Gasteiger partial charge on any atom is -0.390 e. The van der Waals surface area contributed by atoms with Gasteiger partial charge in [-0.25, -0.2) is 8.42 Å². The highest BCUT2D eigenvalue weighted by Gasteiger charge is 2.31. The van der Waals surface area contributed by atoms with Gasteiger partial charge >= 0.3 is 0 Å². The number of nitrogens with one attached hydrogen (secondary N) is 2. The van der Waals surface area contributed by atoms with E-state index in [4.69, 9.17) is 5.41 Å². The van der Waals surface area contributed by atoms with Crippen LogP contribution in [0.5, 0.6) is 0 Å². The van der Waals surface area contributed by atoms with Crippen LogP contribution in [0.25, 0.3) is 0 Å². The Balaban J connectivity index is 1.86. The molecule has 0 heterocycles. The zero-order valence-corrected chi connectivity index (χ0v) is 23.9. The maximum Gasteiger partial charge on any atom is 0.243 e. The Morgan fingerprint density at radius 2 is 1.56 bits per heavy atom. The number of carbonyl (C=O) groups is 1. The first kappa shape index (κ1) is 30.2. The second kappa shape index (κ2) is 13.6. The van der Waals surface area contributed by atoms with Crippen molar-refractivity contribution in [3.63, 3.8) is 0 Å². The maximum atomic E-state index is 13.6. The van der Waals surface area contributed by atoms with Crippen molar-refractivity contribution in [1.82, 2.24) is 9.62 Å². The smallest absolute Gasteiger partial charge is 0.243 e. The lowest BCUT2D eigenvalue weighted by atomic mass is 9.98. The molecule has 0 aliphatic rings. The molecule has 0 unspecified atom stereocenters. The van der Waals surface area contributed by atoms with E-state index < -0.39 is 22.2 Å². The minimum absolute atomic E-state index is 0.0282. The zero-order valence-electron chi connectivity index (χ0n) is 23.1. The molecule has 7 nitrogen and oxygen atoms in total. The van der Waals surface area contributed by atoms with Gasteiger partial charge in [0.15, 0.2) is 0 Å². The molecule has 0 spiro atoms. The molecule has 0 saturated heterocycles. The molecule has 3 N–H and O–H groups in total. The summed E-state index contributed by atoms with van der Waals surface area (Å²) in [7, 11) is -3.87. The van der Waals surface area contributed by atoms with E-state index in [-0.39, 0.29) is 36.2 Å². The molecule has 0 aliphatic heterocycles. The van der Waals surface area contributed by atoms with Crippen LogP contribution < -0.4 is 5.32 Å². The van der Waals surface area contributed by atoms with Crippen molar-refractivity contribution in [3.05, 3.63) is 101 Å².